The van der Waals surface area contributed by atoms with E-state index in [1.807, 2.05) is 24.3 Å². The summed E-state index contributed by atoms with van der Waals surface area (Å²) < 4.78 is 5.88. The lowest BCUT2D eigenvalue weighted by Crippen LogP contribution is -2.46. The van der Waals surface area contributed by atoms with Gasteiger partial charge >= 0.3 is 6.09 Å². The Morgan fingerprint density at radius 3 is 2.47 bits per heavy atom. The molecule has 36 heavy (non-hydrogen) atoms. The molecule has 1 amide bonds. The Morgan fingerprint density at radius 1 is 1.19 bits per heavy atom. The van der Waals surface area contributed by atoms with Crippen LogP contribution in [-0.4, -0.2) is 47.8 Å². The lowest BCUT2D eigenvalue weighted by Gasteiger charge is -2.37. The van der Waals surface area contributed by atoms with Gasteiger partial charge in [-0.25, -0.2) is 4.79 Å². The number of ether oxygens (including phenoxy) is 1. The van der Waals surface area contributed by atoms with Gasteiger partial charge in [0.15, 0.2) is 6.23 Å². The predicted molar refractivity (Wildman–Crippen MR) is 140 cm³/mol. The van der Waals surface area contributed by atoms with Crippen molar-refractivity contribution in [2.45, 2.75) is 62.8 Å². The first-order valence-corrected chi connectivity index (χ1v) is 13.0. The number of aliphatic hydroxyl groups is 2. The summed E-state index contributed by atoms with van der Waals surface area (Å²) in [7, 11) is 0. The summed E-state index contributed by atoms with van der Waals surface area (Å²) in [6.07, 6.45) is -0.601. The van der Waals surface area contributed by atoms with Crippen molar-refractivity contribution in [3.8, 4) is 6.07 Å². The minimum Gasteiger partial charge on any atom is -0.430 e. The molecule has 5 atom stereocenters. The molecule has 0 saturated carbocycles. The summed E-state index contributed by atoms with van der Waals surface area (Å²) >= 11 is 12.5. The van der Waals surface area contributed by atoms with E-state index >= 15 is 0 Å². The van der Waals surface area contributed by atoms with E-state index in [0.717, 1.165) is 24.0 Å². The van der Waals surface area contributed by atoms with Crippen LogP contribution in [0.4, 0.5) is 4.79 Å². The number of amides is 1. The van der Waals surface area contributed by atoms with Gasteiger partial charge in [-0.3, -0.25) is 5.32 Å². The molecule has 2 aromatic rings. The average Bonchev–Trinajstić information content (AvgIpc) is 3.19. The Balaban J connectivity index is 2.08. The number of nitrogens with one attached hydrogen (secondary N) is 2. The molecule has 194 valence electrons. The van der Waals surface area contributed by atoms with Gasteiger partial charge in [0.1, 0.15) is 5.41 Å². The topological polar surface area (TPSA) is 115 Å². The first-order valence-electron chi connectivity index (χ1n) is 12.2. The Morgan fingerprint density at radius 2 is 1.89 bits per heavy atom. The first kappa shape index (κ1) is 28.2. The number of halogens is 2. The molecule has 0 unspecified atom stereocenters. The van der Waals surface area contributed by atoms with Crippen molar-refractivity contribution in [1.29, 1.82) is 5.26 Å². The summed E-state index contributed by atoms with van der Waals surface area (Å²) in [5, 5.41) is 36.6. The molecule has 1 heterocycles. The van der Waals surface area contributed by atoms with E-state index in [-0.39, 0.29) is 31.5 Å². The summed E-state index contributed by atoms with van der Waals surface area (Å²) in [6, 6.07) is 16.8. The fraction of sp³-hybridized carbons (Fsp3) is 0.481. The SMILES string of the molecule is CCC(CC)[C@H]1N[C@H](OC(=O)NCC[C@H](O)CO)[C@H](c2cccc(Cl)c2)[C@@]1(C#N)c1ccc(Cl)cc1. The molecule has 1 aliphatic heterocycles. The average molecular weight is 534 g/mol. The Labute approximate surface area is 222 Å². The number of benzene rings is 2. The third-order valence-electron chi connectivity index (χ3n) is 7.05. The van der Waals surface area contributed by atoms with E-state index in [4.69, 9.17) is 33.0 Å². The van der Waals surface area contributed by atoms with E-state index in [1.165, 1.54) is 0 Å². The van der Waals surface area contributed by atoms with Crippen molar-refractivity contribution in [1.82, 2.24) is 10.6 Å². The van der Waals surface area contributed by atoms with Gasteiger partial charge in [0.2, 0.25) is 0 Å². The van der Waals surface area contributed by atoms with Crippen LogP contribution in [0.3, 0.4) is 0 Å². The molecule has 9 heteroatoms. The van der Waals surface area contributed by atoms with E-state index < -0.39 is 29.8 Å². The van der Waals surface area contributed by atoms with Crippen LogP contribution < -0.4 is 10.6 Å². The summed E-state index contributed by atoms with van der Waals surface area (Å²) in [4.78, 5) is 12.8. The first-order chi connectivity index (χ1) is 17.3. The molecule has 0 bridgehead atoms. The molecule has 7 nitrogen and oxygen atoms in total. The fourth-order valence-corrected chi connectivity index (χ4v) is 5.55. The molecule has 4 N–H and O–H groups in total. The highest BCUT2D eigenvalue weighted by molar-refractivity contribution is 6.30. The van der Waals surface area contributed by atoms with Crippen LogP contribution in [0, 0.1) is 17.2 Å². The van der Waals surface area contributed by atoms with Gasteiger partial charge in [0.05, 0.1) is 24.7 Å². The molecule has 1 aliphatic rings. The van der Waals surface area contributed by atoms with E-state index in [9.17, 15) is 15.2 Å². The molecule has 1 fully saturated rings. The maximum atomic E-state index is 12.8. The zero-order valence-corrected chi connectivity index (χ0v) is 22.0. The normalized spacial score (nSPS) is 24.3. The molecule has 2 aromatic carbocycles. The van der Waals surface area contributed by atoms with Crippen LogP contribution in [0.2, 0.25) is 10.0 Å². The second kappa shape index (κ2) is 12.8. The van der Waals surface area contributed by atoms with Crippen LogP contribution >= 0.6 is 23.2 Å². The number of rotatable bonds is 10. The van der Waals surface area contributed by atoms with Gasteiger partial charge in [0, 0.05) is 22.6 Å². The predicted octanol–water partition coefficient (Wildman–Crippen LogP) is 4.74. The summed E-state index contributed by atoms with van der Waals surface area (Å²) in [6.45, 7) is 3.91. The minimum atomic E-state index is -1.08. The maximum absolute atomic E-state index is 12.8. The number of nitriles is 1. The van der Waals surface area contributed by atoms with Crippen molar-refractivity contribution >= 4 is 29.3 Å². The van der Waals surface area contributed by atoms with Gasteiger partial charge in [0.25, 0.3) is 0 Å². The molecule has 0 radical (unpaired) electrons. The quantitative estimate of drug-likeness (QED) is 0.350. The van der Waals surface area contributed by atoms with Gasteiger partial charge in [-0.15, -0.1) is 0 Å². The van der Waals surface area contributed by atoms with Gasteiger partial charge in [-0.05, 0) is 47.7 Å². The molecule has 3 rings (SSSR count). The van der Waals surface area contributed by atoms with Crippen LogP contribution in [0.5, 0.6) is 0 Å². The van der Waals surface area contributed by atoms with Crippen molar-refractivity contribution in [3.05, 3.63) is 69.7 Å². The van der Waals surface area contributed by atoms with Gasteiger partial charge in [-0.2, -0.15) is 5.26 Å². The largest absolute Gasteiger partial charge is 0.430 e. The number of carbonyl (C=O) groups excluding carboxylic acids is 1. The summed E-state index contributed by atoms with van der Waals surface area (Å²) in [5.41, 5.74) is 0.471. The number of hydrogen-bond acceptors (Lipinski definition) is 6. The van der Waals surface area contributed by atoms with Crippen LogP contribution in [0.15, 0.2) is 48.5 Å². The number of alkyl carbamates (subject to hydrolysis) is 1. The molecular formula is C27H33Cl2N3O4. The second-order valence-corrected chi connectivity index (χ2v) is 9.99. The van der Waals surface area contributed by atoms with Crippen molar-refractivity contribution in [2.24, 2.45) is 5.92 Å². The standard InChI is InChI=1S/C27H33Cl2N3O4/c1-3-17(4-2)24-27(16-30,19-8-10-20(28)11-9-19)23(18-6-5-7-21(29)14-18)25(32-24)36-26(35)31-13-12-22(34)15-33/h5-11,14,17,22-25,32-34H,3-4,12-13,15H2,1-2H3,(H,31,35)/t22-,23-,24+,25+,27+/m0/s1. The van der Waals surface area contributed by atoms with Crippen molar-refractivity contribution in [3.63, 3.8) is 0 Å². The van der Waals surface area contributed by atoms with E-state index in [2.05, 4.69) is 30.6 Å². The zero-order chi connectivity index (χ0) is 26.3. The minimum absolute atomic E-state index is 0.123. The van der Waals surface area contributed by atoms with Crippen LogP contribution in [0.1, 0.15) is 50.2 Å². The van der Waals surface area contributed by atoms with Gasteiger partial charge in [-0.1, -0.05) is 74.2 Å². The van der Waals surface area contributed by atoms with Gasteiger partial charge < -0.3 is 20.3 Å². The molecule has 0 aromatic heterocycles. The lowest BCUT2D eigenvalue weighted by atomic mass is 9.63. The number of carbonyl (C=O) groups is 1. The van der Waals surface area contributed by atoms with Crippen LogP contribution in [0.25, 0.3) is 0 Å². The number of nitrogens with zero attached hydrogens (tertiary/aromatic N) is 1. The third kappa shape index (κ3) is 5.96. The number of aliphatic hydroxyl groups excluding tert-OH is 2. The zero-order valence-electron chi connectivity index (χ0n) is 20.5. The Hall–Kier alpha value is -2.34. The van der Waals surface area contributed by atoms with Crippen molar-refractivity contribution in [2.75, 3.05) is 13.2 Å². The van der Waals surface area contributed by atoms with Crippen molar-refractivity contribution < 1.29 is 19.7 Å². The maximum Gasteiger partial charge on any atom is 0.408 e. The highest BCUT2D eigenvalue weighted by Crippen LogP contribution is 2.52. The van der Waals surface area contributed by atoms with Crippen LogP contribution in [-0.2, 0) is 10.2 Å². The number of hydrogen-bond donors (Lipinski definition) is 4. The molecule has 0 spiro atoms. The van der Waals surface area contributed by atoms with E-state index in [1.54, 1.807) is 24.3 Å². The lowest BCUT2D eigenvalue weighted by molar-refractivity contribution is 0.0685. The Kier molecular flexibility index (Phi) is 10.0. The van der Waals surface area contributed by atoms with E-state index in [0.29, 0.717) is 10.0 Å². The molecular weight excluding hydrogens is 501 g/mol. The Bertz CT molecular complexity index is 1060. The monoisotopic (exact) mass is 533 g/mol. The highest BCUT2D eigenvalue weighted by Gasteiger charge is 2.60. The molecule has 0 aliphatic carbocycles. The molecule has 1 saturated heterocycles. The highest BCUT2D eigenvalue weighted by atomic mass is 35.5. The fourth-order valence-electron chi connectivity index (χ4n) is 5.22. The second-order valence-electron chi connectivity index (χ2n) is 9.12. The summed E-state index contributed by atoms with van der Waals surface area (Å²) in [5.74, 6) is -0.444. The smallest absolute Gasteiger partial charge is 0.408 e. The third-order valence-corrected chi connectivity index (χ3v) is 7.54.